The molecule has 2 heterocycles. The zero-order valence-electron chi connectivity index (χ0n) is 9.79. The van der Waals surface area contributed by atoms with Crippen LogP contribution in [0.2, 0.25) is 0 Å². The van der Waals surface area contributed by atoms with Gasteiger partial charge >= 0.3 is 5.97 Å². The molecule has 6 heteroatoms. The van der Waals surface area contributed by atoms with Crippen molar-refractivity contribution in [1.29, 1.82) is 0 Å². The van der Waals surface area contributed by atoms with E-state index in [0.29, 0.717) is 12.4 Å². The monoisotopic (exact) mass is 244 g/mol. The van der Waals surface area contributed by atoms with E-state index in [0.717, 1.165) is 11.3 Å². The molecular weight excluding hydrogens is 232 g/mol. The maximum atomic E-state index is 10.6. The van der Waals surface area contributed by atoms with Crippen LogP contribution in [0.1, 0.15) is 21.7 Å². The lowest BCUT2D eigenvalue weighted by molar-refractivity contribution is 0.0690. The number of carboxylic acid groups (broad SMARTS) is 1. The topological polar surface area (TPSA) is 88.0 Å². The summed E-state index contributed by atoms with van der Waals surface area (Å²) in [4.78, 5) is 22.6. The average molecular weight is 244 g/mol. The molecule has 2 N–H and O–H groups in total. The first-order chi connectivity index (χ1) is 8.66. The number of carbonyl (C=O) groups is 1. The Morgan fingerprint density at radius 2 is 2.17 bits per heavy atom. The van der Waals surface area contributed by atoms with Gasteiger partial charge in [-0.1, -0.05) is 6.07 Å². The van der Waals surface area contributed by atoms with Crippen molar-refractivity contribution in [3.05, 3.63) is 47.7 Å². The highest BCUT2D eigenvalue weighted by Crippen LogP contribution is 2.07. The number of rotatable bonds is 4. The highest BCUT2D eigenvalue weighted by Gasteiger charge is 2.05. The van der Waals surface area contributed by atoms with Crippen LogP contribution in [0.5, 0.6) is 0 Å². The van der Waals surface area contributed by atoms with Gasteiger partial charge in [-0.15, -0.1) is 0 Å². The molecule has 0 fully saturated rings. The molecule has 0 radical (unpaired) electrons. The molecule has 0 saturated carbocycles. The van der Waals surface area contributed by atoms with Gasteiger partial charge in [-0.3, -0.25) is 4.98 Å². The molecule has 0 bridgehead atoms. The lowest BCUT2D eigenvalue weighted by atomic mass is 10.2. The fraction of sp³-hybridized carbons (Fsp3) is 0.167. The summed E-state index contributed by atoms with van der Waals surface area (Å²) in [6.07, 6.45) is 4.33. The zero-order chi connectivity index (χ0) is 13.0. The van der Waals surface area contributed by atoms with Crippen LogP contribution in [0.25, 0.3) is 0 Å². The smallest absolute Gasteiger partial charge is 0.356 e. The van der Waals surface area contributed by atoms with E-state index in [1.54, 1.807) is 6.20 Å². The summed E-state index contributed by atoms with van der Waals surface area (Å²) in [5.74, 6) is -0.570. The highest BCUT2D eigenvalue weighted by atomic mass is 16.4. The third-order valence-corrected chi connectivity index (χ3v) is 2.43. The summed E-state index contributed by atoms with van der Waals surface area (Å²) in [6.45, 7) is 2.50. The van der Waals surface area contributed by atoms with Gasteiger partial charge in [0.25, 0.3) is 0 Å². The highest BCUT2D eigenvalue weighted by molar-refractivity contribution is 5.84. The Labute approximate surface area is 104 Å². The summed E-state index contributed by atoms with van der Waals surface area (Å²) < 4.78 is 0. The van der Waals surface area contributed by atoms with E-state index < -0.39 is 5.97 Å². The Hall–Kier alpha value is -2.50. The summed E-state index contributed by atoms with van der Waals surface area (Å²) in [5.41, 5.74) is 1.93. The molecule has 2 aromatic rings. The Kier molecular flexibility index (Phi) is 3.47. The maximum absolute atomic E-state index is 10.6. The molecule has 92 valence electrons. The Morgan fingerprint density at radius 3 is 2.78 bits per heavy atom. The van der Waals surface area contributed by atoms with Gasteiger partial charge in [0, 0.05) is 6.20 Å². The van der Waals surface area contributed by atoms with E-state index in [2.05, 4.69) is 20.3 Å². The fourth-order valence-electron chi connectivity index (χ4n) is 1.41. The molecule has 0 aliphatic carbocycles. The second-order valence-electron chi connectivity index (χ2n) is 3.71. The van der Waals surface area contributed by atoms with Crippen LogP contribution in [-0.2, 0) is 6.54 Å². The van der Waals surface area contributed by atoms with Crippen molar-refractivity contribution in [2.24, 2.45) is 0 Å². The molecule has 2 rings (SSSR count). The number of anilines is 1. The Balaban J connectivity index is 2.02. The number of carboxylic acids is 1. The van der Waals surface area contributed by atoms with Crippen molar-refractivity contribution < 1.29 is 9.90 Å². The molecule has 0 amide bonds. The molecule has 2 aromatic heterocycles. The van der Waals surface area contributed by atoms with Crippen LogP contribution >= 0.6 is 0 Å². The number of hydrogen-bond acceptors (Lipinski definition) is 5. The second kappa shape index (κ2) is 5.22. The van der Waals surface area contributed by atoms with Crippen LogP contribution in [0.4, 0.5) is 5.82 Å². The number of aromatic carboxylic acids is 1. The van der Waals surface area contributed by atoms with Crippen molar-refractivity contribution in [3.8, 4) is 0 Å². The molecule has 0 atom stereocenters. The number of nitrogens with zero attached hydrogens (tertiary/aromatic N) is 3. The molecule has 0 aliphatic rings. The maximum Gasteiger partial charge on any atom is 0.356 e. The quantitative estimate of drug-likeness (QED) is 0.847. The Bertz CT molecular complexity index is 554. The molecule has 0 spiro atoms. The van der Waals surface area contributed by atoms with E-state index >= 15 is 0 Å². The van der Waals surface area contributed by atoms with Crippen LogP contribution in [-0.4, -0.2) is 26.0 Å². The third kappa shape index (κ3) is 2.79. The number of hydrogen-bond donors (Lipinski definition) is 2. The predicted octanol–water partition coefficient (Wildman–Crippen LogP) is 1.49. The lowest BCUT2D eigenvalue weighted by Crippen LogP contribution is -2.07. The van der Waals surface area contributed by atoms with Crippen LogP contribution in [0.15, 0.2) is 30.7 Å². The van der Waals surface area contributed by atoms with Gasteiger partial charge in [-0.2, -0.15) is 0 Å². The standard InChI is InChI=1S/C12H12N4O2/c1-8-3-2-4-13-9(8)5-15-11-7-14-10(6-16-11)12(17)18/h2-4,6-7H,5H2,1H3,(H,15,16)(H,17,18). The van der Waals surface area contributed by atoms with Gasteiger partial charge in [0.1, 0.15) is 5.82 Å². The van der Waals surface area contributed by atoms with E-state index in [9.17, 15) is 4.79 Å². The molecule has 0 saturated heterocycles. The van der Waals surface area contributed by atoms with Gasteiger partial charge in [-0.05, 0) is 18.6 Å². The summed E-state index contributed by atoms with van der Waals surface area (Å²) in [6, 6.07) is 3.85. The number of aryl methyl sites for hydroxylation is 1. The van der Waals surface area contributed by atoms with Crippen LogP contribution in [0, 0.1) is 6.92 Å². The van der Waals surface area contributed by atoms with Gasteiger partial charge in [0.15, 0.2) is 5.69 Å². The fourth-order valence-corrected chi connectivity index (χ4v) is 1.41. The van der Waals surface area contributed by atoms with E-state index in [1.165, 1.54) is 12.4 Å². The first-order valence-electron chi connectivity index (χ1n) is 5.36. The van der Waals surface area contributed by atoms with Crippen molar-refractivity contribution >= 4 is 11.8 Å². The minimum atomic E-state index is -1.09. The van der Waals surface area contributed by atoms with E-state index in [1.807, 2.05) is 19.1 Å². The van der Waals surface area contributed by atoms with E-state index in [-0.39, 0.29) is 5.69 Å². The van der Waals surface area contributed by atoms with Crippen LogP contribution < -0.4 is 5.32 Å². The Morgan fingerprint density at radius 1 is 1.33 bits per heavy atom. The molecule has 18 heavy (non-hydrogen) atoms. The van der Waals surface area contributed by atoms with Gasteiger partial charge < -0.3 is 10.4 Å². The van der Waals surface area contributed by atoms with Gasteiger partial charge in [0.2, 0.25) is 0 Å². The third-order valence-electron chi connectivity index (χ3n) is 2.43. The lowest BCUT2D eigenvalue weighted by Gasteiger charge is -2.06. The summed E-state index contributed by atoms with van der Waals surface area (Å²) >= 11 is 0. The van der Waals surface area contributed by atoms with Crippen molar-refractivity contribution in [1.82, 2.24) is 15.0 Å². The molecule has 0 aromatic carbocycles. The van der Waals surface area contributed by atoms with Crippen molar-refractivity contribution in [3.63, 3.8) is 0 Å². The normalized spacial score (nSPS) is 10.1. The average Bonchev–Trinajstić information content (AvgIpc) is 2.38. The predicted molar refractivity (Wildman–Crippen MR) is 65.3 cm³/mol. The van der Waals surface area contributed by atoms with Crippen LogP contribution in [0.3, 0.4) is 0 Å². The summed E-state index contributed by atoms with van der Waals surface area (Å²) in [5, 5.41) is 11.7. The molecule has 0 aliphatic heterocycles. The first kappa shape index (κ1) is 12.0. The van der Waals surface area contributed by atoms with Gasteiger partial charge in [-0.25, -0.2) is 14.8 Å². The molecular formula is C12H12N4O2. The van der Waals surface area contributed by atoms with Crippen molar-refractivity contribution in [2.75, 3.05) is 5.32 Å². The molecule has 0 unspecified atom stereocenters. The minimum absolute atomic E-state index is 0.0745. The largest absolute Gasteiger partial charge is 0.476 e. The minimum Gasteiger partial charge on any atom is -0.476 e. The van der Waals surface area contributed by atoms with E-state index in [4.69, 9.17) is 5.11 Å². The number of pyridine rings is 1. The molecule has 6 nitrogen and oxygen atoms in total. The van der Waals surface area contributed by atoms with Crippen molar-refractivity contribution in [2.45, 2.75) is 13.5 Å². The first-order valence-corrected chi connectivity index (χ1v) is 5.36. The summed E-state index contributed by atoms with van der Waals surface area (Å²) in [7, 11) is 0. The second-order valence-corrected chi connectivity index (χ2v) is 3.71. The SMILES string of the molecule is Cc1cccnc1CNc1cnc(C(=O)O)cn1. The zero-order valence-corrected chi connectivity index (χ0v) is 9.79. The van der Waals surface area contributed by atoms with Gasteiger partial charge in [0.05, 0.1) is 24.6 Å². The number of aromatic nitrogens is 3. The number of nitrogens with one attached hydrogen (secondary N) is 1.